The number of ether oxygens (including phenoxy) is 1. The number of alkyl halides is 1. The summed E-state index contributed by atoms with van der Waals surface area (Å²) in [5, 5.41) is 0. The van der Waals surface area contributed by atoms with Gasteiger partial charge in [0.25, 0.3) is 0 Å². The Kier molecular flexibility index (Phi) is 6.29. The molecule has 2 N–H and O–H groups in total. The van der Waals surface area contributed by atoms with Crippen LogP contribution in [0.15, 0.2) is 0 Å². The summed E-state index contributed by atoms with van der Waals surface area (Å²) in [4.78, 5) is 10.8. The van der Waals surface area contributed by atoms with Gasteiger partial charge in [-0.3, -0.25) is 4.79 Å². The number of hydrogen-bond acceptors (Lipinski definition) is 3. The molecule has 0 heterocycles. The molecule has 0 unspecified atom stereocenters. The van der Waals surface area contributed by atoms with Crippen LogP contribution in [-0.4, -0.2) is 24.3 Å². The van der Waals surface area contributed by atoms with Gasteiger partial charge in [0.05, 0.1) is 0 Å². The normalized spacial score (nSPS) is 13.1. The van der Waals surface area contributed by atoms with Crippen molar-refractivity contribution in [3.8, 4) is 0 Å². The fourth-order valence-corrected chi connectivity index (χ4v) is 0.440. The Labute approximate surface area is 77.9 Å². The molecular weight excluding hydrogens is 185 g/mol. The highest BCUT2D eigenvalue weighted by atomic mass is 35.5. The molecule has 0 saturated heterocycles. The van der Waals surface area contributed by atoms with Crippen molar-refractivity contribution >= 4 is 18.4 Å². The van der Waals surface area contributed by atoms with Gasteiger partial charge in [0, 0.05) is 0 Å². The number of rotatable bonds is 2. The number of carbonyl (C=O) groups excluding carboxylic acids is 1. The Hall–Kier alpha value is -0.350. The zero-order chi connectivity index (χ0) is 9.07. The van der Waals surface area contributed by atoms with E-state index in [1.165, 1.54) is 0 Å². The lowest BCUT2D eigenvalue weighted by atomic mass is 10.2. The van der Waals surface area contributed by atoms with E-state index in [0.717, 1.165) is 0 Å². The molecule has 0 aliphatic carbocycles. The summed E-state index contributed by atoms with van der Waals surface area (Å²) in [6, 6.07) is -1.14. The zero-order valence-corrected chi connectivity index (χ0v) is 8.28. The Morgan fingerprint density at radius 3 is 2.25 bits per heavy atom. The molecule has 0 amide bonds. The number of nitrogens with two attached hydrogens (primary N) is 1. The molecule has 1 atom stereocenters. The molecular formula is C7H15ClFNO2. The first-order chi connectivity index (χ1) is 4.87. The van der Waals surface area contributed by atoms with E-state index in [0.29, 0.717) is 0 Å². The van der Waals surface area contributed by atoms with Crippen LogP contribution < -0.4 is 5.73 Å². The molecule has 0 saturated carbocycles. The van der Waals surface area contributed by atoms with E-state index in [9.17, 15) is 9.18 Å². The van der Waals surface area contributed by atoms with Gasteiger partial charge in [-0.05, 0) is 20.8 Å². The molecule has 74 valence electrons. The van der Waals surface area contributed by atoms with Crippen molar-refractivity contribution < 1.29 is 13.9 Å². The summed E-state index contributed by atoms with van der Waals surface area (Å²) in [7, 11) is 0. The second-order valence-electron chi connectivity index (χ2n) is 3.29. The molecule has 0 fully saturated rings. The number of esters is 1. The second kappa shape index (κ2) is 5.32. The maximum Gasteiger partial charge on any atom is 0.326 e. The molecule has 5 heteroatoms. The largest absolute Gasteiger partial charge is 0.459 e. The number of halogens is 2. The summed E-state index contributed by atoms with van der Waals surface area (Å²) in [5.41, 5.74) is 4.48. The van der Waals surface area contributed by atoms with E-state index >= 15 is 0 Å². The zero-order valence-electron chi connectivity index (χ0n) is 7.46. The Morgan fingerprint density at radius 2 is 2.00 bits per heavy atom. The first kappa shape index (κ1) is 14.2. The van der Waals surface area contributed by atoms with E-state index < -0.39 is 24.3 Å². The van der Waals surface area contributed by atoms with E-state index in [4.69, 9.17) is 10.5 Å². The van der Waals surface area contributed by atoms with Crippen molar-refractivity contribution in [1.82, 2.24) is 0 Å². The molecule has 12 heavy (non-hydrogen) atoms. The van der Waals surface area contributed by atoms with Crippen molar-refractivity contribution in [2.24, 2.45) is 5.73 Å². The summed E-state index contributed by atoms with van der Waals surface area (Å²) < 4.78 is 16.6. The molecule has 0 spiro atoms. The number of hydrogen-bond donors (Lipinski definition) is 1. The highest BCUT2D eigenvalue weighted by molar-refractivity contribution is 5.85. The lowest BCUT2D eigenvalue weighted by Gasteiger charge is -2.20. The fraction of sp³-hybridized carbons (Fsp3) is 0.857. The van der Waals surface area contributed by atoms with Crippen LogP contribution in [0.5, 0.6) is 0 Å². The first-order valence-electron chi connectivity index (χ1n) is 3.41. The van der Waals surface area contributed by atoms with Crippen molar-refractivity contribution in [2.45, 2.75) is 32.4 Å². The predicted molar refractivity (Wildman–Crippen MR) is 47.0 cm³/mol. The monoisotopic (exact) mass is 199 g/mol. The topological polar surface area (TPSA) is 52.3 Å². The van der Waals surface area contributed by atoms with Gasteiger partial charge in [0.15, 0.2) is 0 Å². The SMILES string of the molecule is CC(C)(C)OC(=O)[C@H](N)CF.Cl. The fourth-order valence-electron chi connectivity index (χ4n) is 0.440. The van der Waals surface area contributed by atoms with Gasteiger partial charge in [-0.1, -0.05) is 0 Å². The van der Waals surface area contributed by atoms with Gasteiger partial charge in [0.2, 0.25) is 0 Å². The molecule has 3 nitrogen and oxygen atoms in total. The second-order valence-corrected chi connectivity index (χ2v) is 3.29. The molecule has 0 aromatic carbocycles. The van der Waals surface area contributed by atoms with Crippen LogP contribution in [0, 0.1) is 0 Å². The maximum atomic E-state index is 11.8. The lowest BCUT2D eigenvalue weighted by molar-refractivity contribution is -0.156. The third-order valence-corrected chi connectivity index (χ3v) is 0.876. The predicted octanol–water partition coefficient (Wildman–Crippen LogP) is 1.05. The summed E-state index contributed by atoms with van der Waals surface area (Å²) >= 11 is 0. The van der Waals surface area contributed by atoms with Gasteiger partial charge in [-0.15, -0.1) is 12.4 Å². The molecule has 0 aliphatic rings. The van der Waals surface area contributed by atoms with Crippen molar-refractivity contribution in [1.29, 1.82) is 0 Å². The van der Waals surface area contributed by atoms with Crippen molar-refractivity contribution in [2.75, 3.05) is 6.67 Å². The van der Waals surface area contributed by atoms with Gasteiger partial charge >= 0.3 is 5.97 Å². The smallest absolute Gasteiger partial charge is 0.326 e. The van der Waals surface area contributed by atoms with Crippen LogP contribution in [0.2, 0.25) is 0 Å². The molecule has 0 bridgehead atoms. The van der Waals surface area contributed by atoms with Crippen LogP contribution >= 0.6 is 12.4 Å². The standard InChI is InChI=1S/C7H14FNO2.ClH/c1-7(2,3)11-6(10)5(9)4-8;/h5H,4,9H2,1-3H3;1H/t5-;/m1./s1. The summed E-state index contributed by atoms with van der Waals surface area (Å²) in [5.74, 6) is -0.694. The van der Waals surface area contributed by atoms with Crippen molar-refractivity contribution in [3.05, 3.63) is 0 Å². The average Bonchev–Trinajstić information content (AvgIpc) is 1.82. The van der Waals surface area contributed by atoms with Crippen LogP contribution in [0.25, 0.3) is 0 Å². The van der Waals surface area contributed by atoms with Gasteiger partial charge in [0.1, 0.15) is 18.3 Å². The van der Waals surface area contributed by atoms with Crippen LogP contribution in [0.4, 0.5) is 4.39 Å². The first-order valence-corrected chi connectivity index (χ1v) is 3.41. The highest BCUT2D eigenvalue weighted by Gasteiger charge is 2.21. The molecule has 0 aromatic rings. The van der Waals surface area contributed by atoms with E-state index in [1.807, 2.05) is 0 Å². The molecule has 0 aromatic heterocycles. The minimum atomic E-state index is -1.14. The average molecular weight is 200 g/mol. The highest BCUT2D eigenvalue weighted by Crippen LogP contribution is 2.07. The Morgan fingerprint density at radius 1 is 1.58 bits per heavy atom. The maximum absolute atomic E-state index is 11.8. The van der Waals surface area contributed by atoms with E-state index in [1.54, 1.807) is 20.8 Å². The van der Waals surface area contributed by atoms with Crippen molar-refractivity contribution in [3.63, 3.8) is 0 Å². The Bertz CT molecular complexity index is 147. The Balaban J connectivity index is 0. The van der Waals surface area contributed by atoms with Crippen LogP contribution in [0.3, 0.4) is 0 Å². The van der Waals surface area contributed by atoms with Gasteiger partial charge in [-0.2, -0.15) is 0 Å². The van der Waals surface area contributed by atoms with E-state index in [-0.39, 0.29) is 12.4 Å². The summed E-state index contributed by atoms with van der Waals surface area (Å²) in [6.45, 7) is 4.23. The van der Waals surface area contributed by atoms with E-state index in [2.05, 4.69) is 0 Å². The molecule has 0 aliphatic heterocycles. The minimum absolute atomic E-state index is 0. The van der Waals surface area contributed by atoms with Crippen LogP contribution in [0.1, 0.15) is 20.8 Å². The number of carbonyl (C=O) groups is 1. The molecule has 0 radical (unpaired) electrons. The van der Waals surface area contributed by atoms with Gasteiger partial charge < -0.3 is 10.5 Å². The third-order valence-electron chi connectivity index (χ3n) is 0.876. The molecule has 0 rings (SSSR count). The minimum Gasteiger partial charge on any atom is -0.459 e. The van der Waals surface area contributed by atoms with Crippen LogP contribution in [-0.2, 0) is 9.53 Å². The van der Waals surface area contributed by atoms with Gasteiger partial charge in [-0.25, -0.2) is 4.39 Å². The quantitative estimate of drug-likeness (QED) is 0.677. The summed E-state index contributed by atoms with van der Waals surface area (Å²) in [6.07, 6.45) is 0. The lowest BCUT2D eigenvalue weighted by Crippen LogP contribution is -2.38. The third kappa shape index (κ3) is 6.37.